The van der Waals surface area contributed by atoms with Crippen molar-refractivity contribution < 1.29 is 14.3 Å². The summed E-state index contributed by atoms with van der Waals surface area (Å²) in [5.41, 5.74) is 1.24. The number of hydrogen-bond acceptors (Lipinski definition) is 4. The van der Waals surface area contributed by atoms with Crippen LogP contribution in [0, 0.1) is 0 Å². The van der Waals surface area contributed by atoms with Gasteiger partial charge in [0.05, 0.1) is 17.9 Å². The van der Waals surface area contributed by atoms with Crippen molar-refractivity contribution in [2.75, 3.05) is 5.32 Å². The lowest BCUT2D eigenvalue weighted by molar-refractivity contribution is -0.136. The Kier molecular flexibility index (Phi) is 7.27. The van der Waals surface area contributed by atoms with E-state index < -0.39 is 11.8 Å². The highest BCUT2D eigenvalue weighted by atomic mass is 35.5. The molecule has 30 heavy (non-hydrogen) atoms. The Labute approximate surface area is 184 Å². The van der Waals surface area contributed by atoms with Crippen molar-refractivity contribution >= 4 is 40.7 Å². The molecule has 0 unspecified atom stereocenters. The fraction of sp³-hybridized carbons (Fsp3) is 0.136. The number of amides is 2. The van der Waals surface area contributed by atoms with Crippen molar-refractivity contribution in [1.29, 1.82) is 0 Å². The van der Waals surface area contributed by atoms with E-state index in [-0.39, 0.29) is 6.04 Å². The highest BCUT2D eigenvalue weighted by Gasteiger charge is 2.19. The fourth-order valence-corrected chi connectivity index (χ4v) is 2.92. The van der Waals surface area contributed by atoms with Crippen LogP contribution in [0.15, 0.2) is 66.9 Å². The Balaban J connectivity index is 1.57. The lowest BCUT2D eigenvalue weighted by Crippen LogP contribution is -2.37. The number of carbonyl (C=O) groups excluding carboxylic acids is 2. The summed E-state index contributed by atoms with van der Waals surface area (Å²) in [7, 11) is 0. The van der Waals surface area contributed by atoms with Gasteiger partial charge in [0.15, 0.2) is 0 Å². The number of ether oxygens (including phenoxy) is 1. The van der Waals surface area contributed by atoms with Crippen molar-refractivity contribution in [3.05, 3.63) is 82.5 Å². The maximum Gasteiger partial charge on any atom is 0.313 e. The average molecular weight is 444 g/mol. The van der Waals surface area contributed by atoms with Gasteiger partial charge in [-0.05, 0) is 54.4 Å². The zero-order chi connectivity index (χ0) is 21.5. The molecule has 0 aliphatic carbocycles. The number of hydrogen-bond donors (Lipinski definition) is 2. The summed E-state index contributed by atoms with van der Waals surface area (Å²) in [6.45, 7) is 1.92. The Bertz CT molecular complexity index is 1010. The molecule has 1 atom stereocenters. The number of benzene rings is 2. The van der Waals surface area contributed by atoms with Gasteiger partial charge in [-0.1, -0.05) is 42.3 Å². The fourth-order valence-electron chi connectivity index (χ4n) is 2.67. The molecule has 0 fully saturated rings. The Morgan fingerprint density at radius 3 is 2.13 bits per heavy atom. The van der Waals surface area contributed by atoms with Gasteiger partial charge < -0.3 is 15.4 Å². The van der Waals surface area contributed by atoms with Crippen molar-refractivity contribution in [1.82, 2.24) is 10.3 Å². The average Bonchev–Trinajstić information content (AvgIpc) is 2.75. The van der Waals surface area contributed by atoms with Crippen molar-refractivity contribution in [2.45, 2.75) is 19.4 Å². The van der Waals surface area contributed by atoms with E-state index in [0.717, 1.165) is 5.56 Å². The smallest absolute Gasteiger partial charge is 0.313 e. The van der Waals surface area contributed by atoms with E-state index in [1.165, 1.54) is 6.20 Å². The minimum Gasteiger partial charge on any atom is -0.439 e. The first-order valence-electron chi connectivity index (χ1n) is 9.21. The molecular weight excluding hydrogens is 425 g/mol. The Hall–Kier alpha value is -3.09. The van der Waals surface area contributed by atoms with E-state index in [4.69, 9.17) is 27.9 Å². The molecule has 1 heterocycles. The summed E-state index contributed by atoms with van der Waals surface area (Å²) in [4.78, 5) is 28.7. The number of nitrogens with one attached hydrogen (secondary N) is 2. The molecule has 6 nitrogen and oxygen atoms in total. The molecule has 2 aromatic carbocycles. The third-order valence-electron chi connectivity index (χ3n) is 4.22. The summed E-state index contributed by atoms with van der Waals surface area (Å²) < 4.78 is 5.59. The van der Waals surface area contributed by atoms with Crippen LogP contribution in [0.3, 0.4) is 0 Å². The third kappa shape index (κ3) is 5.95. The van der Waals surface area contributed by atoms with Crippen LogP contribution in [0.2, 0.25) is 10.0 Å². The number of halogens is 2. The number of aromatic nitrogens is 1. The molecule has 0 aliphatic heterocycles. The maximum absolute atomic E-state index is 12.3. The van der Waals surface area contributed by atoms with E-state index in [0.29, 0.717) is 33.8 Å². The first-order chi connectivity index (χ1) is 14.4. The molecule has 0 saturated heterocycles. The summed E-state index contributed by atoms with van der Waals surface area (Å²) in [5, 5.41) is 6.45. The molecule has 2 N–H and O–H groups in total. The second kappa shape index (κ2) is 10.1. The second-order valence-electron chi connectivity index (χ2n) is 6.38. The molecule has 0 saturated carbocycles. The first kappa shape index (κ1) is 21.6. The Morgan fingerprint density at radius 2 is 1.57 bits per heavy atom. The molecule has 3 rings (SSSR count). The molecule has 8 heteroatoms. The van der Waals surface area contributed by atoms with Gasteiger partial charge in [0.25, 0.3) is 0 Å². The van der Waals surface area contributed by atoms with E-state index >= 15 is 0 Å². The molecule has 2 amide bonds. The quantitative estimate of drug-likeness (QED) is 0.500. The molecule has 154 valence electrons. The highest BCUT2D eigenvalue weighted by molar-refractivity contribution is 6.39. The topological polar surface area (TPSA) is 80.3 Å². The van der Waals surface area contributed by atoms with Gasteiger partial charge in [-0.25, -0.2) is 4.98 Å². The van der Waals surface area contributed by atoms with Crippen molar-refractivity contribution in [3.8, 4) is 11.6 Å². The summed E-state index contributed by atoms with van der Waals surface area (Å²) in [6, 6.07) is 16.9. The number of anilines is 1. The van der Waals surface area contributed by atoms with Crippen molar-refractivity contribution in [2.24, 2.45) is 0 Å². The molecule has 1 aromatic heterocycles. The standard InChI is InChI=1S/C22H19Cl2N3O3/c1-2-19(14-3-5-15(23)6-4-14)27-22(29)21(28)26-17-9-12-20(25-13-17)30-18-10-7-16(24)8-11-18/h3-13,19H,2H2,1H3,(H,26,28)(H,27,29)/t19-/m1/s1. The highest BCUT2D eigenvalue weighted by Crippen LogP contribution is 2.22. The van der Waals surface area contributed by atoms with Gasteiger partial charge in [0.2, 0.25) is 5.88 Å². The summed E-state index contributed by atoms with van der Waals surface area (Å²) >= 11 is 11.7. The number of nitrogens with zero attached hydrogens (tertiary/aromatic N) is 1. The lowest BCUT2D eigenvalue weighted by atomic mass is 10.0. The van der Waals surface area contributed by atoms with E-state index in [1.54, 1.807) is 48.5 Å². The zero-order valence-electron chi connectivity index (χ0n) is 16.1. The van der Waals surface area contributed by atoms with Gasteiger partial charge in [0, 0.05) is 16.1 Å². The summed E-state index contributed by atoms with van der Waals surface area (Å²) in [6.07, 6.45) is 2.03. The van der Waals surface area contributed by atoms with Crippen molar-refractivity contribution in [3.63, 3.8) is 0 Å². The van der Waals surface area contributed by atoms with Gasteiger partial charge in [-0.15, -0.1) is 0 Å². The van der Waals surface area contributed by atoms with Crippen LogP contribution >= 0.6 is 23.2 Å². The van der Waals surface area contributed by atoms with Crippen LogP contribution in [-0.2, 0) is 9.59 Å². The second-order valence-corrected chi connectivity index (χ2v) is 7.25. The van der Waals surface area contributed by atoms with Gasteiger partial charge >= 0.3 is 11.8 Å². The molecule has 0 aliphatic rings. The van der Waals surface area contributed by atoms with E-state index in [1.807, 2.05) is 19.1 Å². The van der Waals surface area contributed by atoms with Crippen LogP contribution in [-0.4, -0.2) is 16.8 Å². The predicted molar refractivity (Wildman–Crippen MR) is 117 cm³/mol. The minimum atomic E-state index is -0.782. The van der Waals surface area contributed by atoms with Crippen LogP contribution in [0.1, 0.15) is 24.9 Å². The van der Waals surface area contributed by atoms with Gasteiger partial charge in [-0.3, -0.25) is 9.59 Å². The van der Waals surface area contributed by atoms with Crippen LogP contribution in [0.25, 0.3) is 0 Å². The van der Waals surface area contributed by atoms with E-state index in [2.05, 4.69) is 15.6 Å². The zero-order valence-corrected chi connectivity index (χ0v) is 17.6. The predicted octanol–water partition coefficient (Wildman–Crippen LogP) is 5.39. The van der Waals surface area contributed by atoms with Gasteiger partial charge in [-0.2, -0.15) is 0 Å². The lowest BCUT2D eigenvalue weighted by Gasteiger charge is -2.17. The van der Waals surface area contributed by atoms with E-state index in [9.17, 15) is 9.59 Å². The van der Waals surface area contributed by atoms with Crippen LogP contribution < -0.4 is 15.4 Å². The largest absolute Gasteiger partial charge is 0.439 e. The van der Waals surface area contributed by atoms with Crippen LogP contribution in [0.4, 0.5) is 5.69 Å². The SMILES string of the molecule is CC[C@@H](NC(=O)C(=O)Nc1ccc(Oc2ccc(Cl)cc2)nc1)c1ccc(Cl)cc1. The Morgan fingerprint density at radius 1 is 0.933 bits per heavy atom. The number of rotatable bonds is 6. The number of carbonyl (C=O) groups is 2. The first-order valence-corrected chi connectivity index (χ1v) is 9.97. The maximum atomic E-state index is 12.3. The molecule has 3 aromatic rings. The molecule has 0 spiro atoms. The number of pyridine rings is 1. The van der Waals surface area contributed by atoms with Gasteiger partial charge in [0.1, 0.15) is 5.75 Å². The monoisotopic (exact) mass is 443 g/mol. The minimum absolute atomic E-state index is 0.297. The third-order valence-corrected chi connectivity index (χ3v) is 4.73. The molecule has 0 bridgehead atoms. The molecule has 0 radical (unpaired) electrons. The summed E-state index contributed by atoms with van der Waals surface area (Å²) in [5.74, 6) is -0.599. The normalized spacial score (nSPS) is 11.4. The van der Waals surface area contributed by atoms with Crippen LogP contribution in [0.5, 0.6) is 11.6 Å². The molecular formula is C22H19Cl2N3O3.